The van der Waals surface area contributed by atoms with E-state index in [1.807, 2.05) is 13.0 Å². The average Bonchev–Trinajstić information content (AvgIpc) is 1.88. The largest absolute Gasteiger partial charge is 0.327 e. The van der Waals surface area contributed by atoms with E-state index < -0.39 is 0 Å². The van der Waals surface area contributed by atoms with Gasteiger partial charge in [-0.3, -0.25) is 0 Å². The summed E-state index contributed by atoms with van der Waals surface area (Å²) in [6, 6.07) is 0.126. The third-order valence-electron chi connectivity index (χ3n) is 1.76. The Bertz CT molecular complexity index is 170. The average molecular weight is 141 g/mol. The second kappa shape index (κ2) is 2.97. The van der Waals surface area contributed by atoms with Gasteiger partial charge in [0, 0.05) is 6.04 Å². The molecule has 56 valence electrons. The molecule has 0 spiro atoms. The van der Waals surface area contributed by atoms with E-state index in [0.717, 1.165) is 6.42 Å². The van der Waals surface area contributed by atoms with Crippen molar-refractivity contribution in [3.63, 3.8) is 0 Å². The third kappa shape index (κ3) is 1.67. The fourth-order valence-corrected chi connectivity index (χ4v) is 1.00. The number of halogens is 1. The van der Waals surface area contributed by atoms with Gasteiger partial charge in [-0.05, 0) is 31.4 Å². The van der Waals surface area contributed by atoms with Crippen LogP contribution in [0.1, 0.15) is 13.3 Å². The summed E-state index contributed by atoms with van der Waals surface area (Å²) in [7, 11) is 0. The molecule has 10 heavy (non-hydrogen) atoms. The molecule has 0 fully saturated rings. The second-order valence-electron chi connectivity index (χ2n) is 2.71. The molecule has 2 heteroatoms. The Labute approximate surface area is 60.4 Å². The van der Waals surface area contributed by atoms with E-state index in [0.29, 0.717) is 5.92 Å². The van der Waals surface area contributed by atoms with Crippen molar-refractivity contribution in [3.05, 3.63) is 24.1 Å². The highest BCUT2D eigenvalue weighted by molar-refractivity contribution is 5.18. The summed E-state index contributed by atoms with van der Waals surface area (Å²) in [5.74, 6) is 0.177. The molecule has 2 atom stereocenters. The zero-order chi connectivity index (χ0) is 7.56. The van der Waals surface area contributed by atoms with Gasteiger partial charge in [0.05, 0.1) is 0 Å². The number of nitrogens with two attached hydrogens (primary N) is 1. The lowest BCUT2D eigenvalue weighted by Crippen LogP contribution is -2.25. The first kappa shape index (κ1) is 7.48. The normalized spacial score (nSPS) is 27.9. The molecule has 0 aromatic carbocycles. The third-order valence-corrected chi connectivity index (χ3v) is 1.76. The fraction of sp³-hybridized carbons (Fsp3) is 0.500. The van der Waals surface area contributed by atoms with Gasteiger partial charge >= 0.3 is 0 Å². The van der Waals surface area contributed by atoms with E-state index in [1.54, 1.807) is 6.08 Å². The van der Waals surface area contributed by atoms with Crippen molar-refractivity contribution in [2.75, 3.05) is 0 Å². The molecule has 1 rings (SSSR count). The van der Waals surface area contributed by atoms with Gasteiger partial charge in [-0.2, -0.15) is 0 Å². The summed E-state index contributed by atoms with van der Waals surface area (Å²) in [6.07, 6.45) is 5.63. The summed E-state index contributed by atoms with van der Waals surface area (Å²) in [4.78, 5) is 0. The monoisotopic (exact) mass is 141 g/mol. The molecule has 0 amide bonds. The number of allylic oxidation sites excluding steroid dienone is 3. The van der Waals surface area contributed by atoms with Gasteiger partial charge in [0.2, 0.25) is 0 Å². The van der Waals surface area contributed by atoms with Crippen molar-refractivity contribution < 1.29 is 4.39 Å². The Morgan fingerprint density at radius 2 is 2.50 bits per heavy atom. The van der Waals surface area contributed by atoms with Crippen LogP contribution >= 0.6 is 0 Å². The van der Waals surface area contributed by atoms with Gasteiger partial charge in [-0.1, -0.05) is 6.08 Å². The minimum absolute atomic E-state index is 0.126. The molecule has 0 aromatic heterocycles. The molecule has 0 radical (unpaired) electrons. The first-order valence-electron chi connectivity index (χ1n) is 3.49. The van der Waals surface area contributed by atoms with Gasteiger partial charge in [-0.25, -0.2) is 4.39 Å². The van der Waals surface area contributed by atoms with Crippen molar-refractivity contribution in [1.82, 2.24) is 0 Å². The maximum atomic E-state index is 12.4. The van der Waals surface area contributed by atoms with Crippen LogP contribution in [0.15, 0.2) is 24.1 Å². The predicted molar refractivity (Wildman–Crippen MR) is 40.1 cm³/mol. The molecule has 0 heterocycles. The molecular weight excluding hydrogens is 129 g/mol. The summed E-state index contributed by atoms with van der Waals surface area (Å²) in [5.41, 5.74) is 5.61. The Kier molecular flexibility index (Phi) is 2.22. The van der Waals surface area contributed by atoms with Crippen molar-refractivity contribution in [1.29, 1.82) is 0 Å². The number of rotatable bonds is 1. The van der Waals surface area contributed by atoms with Gasteiger partial charge in [0.25, 0.3) is 0 Å². The van der Waals surface area contributed by atoms with E-state index in [4.69, 9.17) is 5.73 Å². The maximum absolute atomic E-state index is 12.4. The standard InChI is InChI=1S/C8H12FN/c1-6(10)7-2-4-8(9)5-3-7/h2,4-7H,3,10H2,1H3/t6-,7?/m0/s1. The minimum Gasteiger partial charge on any atom is -0.327 e. The number of hydrogen-bond acceptors (Lipinski definition) is 1. The Morgan fingerprint density at radius 3 is 2.90 bits per heavy atom. The van der Waals surface area contributed by atoms with E-state index >= 15 is 0 Å². The van der Waals surface area contributed by atoms with Crippen LogP contribution in [0.5, 0.6) is 0 Å². The molecule has 0 bridgehead atoms. The van der Waals surface area contributed by atoms with E-state index in [-0.39, 0.29) is 11.9 Å². The van der Waals surface area contributed by atoms with Gasteiger partial charge in [-0.15, -0.1) is 0 Å². The van der Waals surface area contributed by atoms with Crippen molar-refractivity contribution in [3.8, 4) is 0 Å². The minimum atomic E-state index is -0.142. The van der Waals surface area contributed by atoms with Crippen molar-refractivity contribution in [2.45, 2.75) is 19.4 Å². The lowest BCUT2D eigenvalue weighted by Gasteiger charge is -2.16. The number of hydrogen-bond donors (Lipinski definition) is 1. The van der Waals surface area contributed by atoms with Crippen LogP contribution in [0.3, 0.4) is 0 Å². The summed E-state index contributed by atoms with van der Waals surface area (Å²) >= 11 is 0. The van der Waals surface area contributed by atoms with E-state index in [2.05, 4.69) is 0 Å². The molecule has 1 aliphatic rings. The molecule has 0 aliphatic heterocycles. The van der Waals surface area contributed by atoms with Crippen molar-refractivity contribution in [2.24, 2.45) is 11.7 Å². The van der Waals surface area contributed by atoms with Gasteiger partial charge in [0.1, 0.15) is 5.83 Å². The molecule has 1 nitrogen and oxygen atoms in total. The van der Waals surface area contributed by atoms with Crippen LogP contribution < -0.4 is 5.73 Å². The molecule has 1 aliphatic carbocycles. The van der Waals surface area contributed by atoms with Crippen LogP contribution in [0.2, 0.25) is 0 Å². The Hall–Kier alpha value is -0.630. The summed E-state index contributed by atoms with van der Waals surface area (Å²) in [5, 5.41) is 0. The SMILES string of the molecule is C[C@H](N)C1C=CC(F)=CC1. The first-order chi connectivity index (χ1) is 4.70. The lowest BCUT2D eigenvalue weighted by molar-refractivity contribution is 0.521. The Balaban J connectivity index is 2.52. The second-order valence-corrected chi connectivity index (χ2v) is 2.71. The molecule has 0 aromatic rings. The molecule has 2 N–H and O–H groups in total. The first-order valence-corrected chi connectivity index (χ1v) is 3.49. The molecule has 0 saturated heterocycles. The quantitative estimate of drug-likeness (QED) is 0.591. The summed E-state index contributed by atoms with van der Waals surface area (Å²) in [6.45, 7) is 1.94. The van der Waals surface area contributed by atoms with Gasteiger partial charge in [0.15, 0.2) is 0 Å². The molecule has 0 saturated carbocycles. The van der Waals surface area contributed by atoms with Crippen LogP contribution in [0.4, 0.5) is 4.39 Å². The lowest BCUT2D eigenvalue weighted by atomic mass is 9.94. The summed E-state index contributed by atoms with van der Waals surface area (Å²) < 4.78 is 12.4. The fourth-order valence-electron chi connectivity index (χ4n) is 1.00. The zero-order valence-electron chi connectivity index (χ0n) is 6.05. The van der Waals surface area contributed by atoms with Gasteiger partial charge < -0.3 is 5.73 Å². The molecular formula is C8H12FN. The van der Waals surface area contributed by atoms with E-state index in [9.17, 15) is 4.39 Å². The van der Waals surface area contributed by atoms with Crippen molar-refractivity contribution >= 4 is 0 Å². The smallest absolute Gasteiger partial charge is 0.118 e. The van der Waals surface area contributed by atoms with Crippen LogP contribution in [0, 0.1) is 5.92 Å². The maximum Gasteiger partial charge on any atom is 0.118 e. The van der Waals surface area contributed by atoms with Crippen LogP contribution in [0.25, 0.3) is 0 Å². The predicted octanol–water partition coefficient (Wildman–Crippen LogP) is 1.76. The Morgan fingerprint density at radius 1 is 1.80 bits per heavy atom. The highest BCUT2D eigenvalue weighted by atomic mass is 19.1. The highest BCUT2D eigenvalue weighted by Gasteiger charge is 2.11. The highest BCUT2D eigenvalue weighted by Crippen LogP contribution is 2.18. The molecule has 1 unspecified atom stereocenters. The van der Waals surface area contributed by atoms with Crippen LogP contribution in [-0.2, 0) is 0 Å². The van der Waals surface area contributed by atoms with E-state index in [1.165, 1.54) is 6.08 Å². The zero-order valence-corrected chi connectivity index (χ0v) is 6.05. The topological polar surface area (TPSA) is 26.0 Å². The van der Waals surface area contributed by atoms with Crippen LogP contribution in [-0.4, -0.2) is 6.04 Å².